The average Bonchev–Trinajstić information content (AvgIpc) is 1.56. The molecule has 0 unspecified atom stereocenters. The summed E-state index contributed by atoms with van der Waals surface area (Å²) in [6.45, 7) is 0. The Morgan fingerprint density at radius 1 is 0.232 bits per heavy atom. The molecule has 3 radical (unpaired) electrons. The SMILES string of the molecule is Clc1ccc(-c2nc(-c3ccccc3)nc(-c3ccccc3)n2)cn1.Clc1nc(-c2ccccc2)nc(-c2ccccc2)n1.OB(O)c1ccc(Cl)nc1.[B].[CH3-].c1ccc(-c2ccc3c(c2)[nH]c2cc(-c4ccccc4)c4ccccc4c23)cc1.c1ccc(-c2ccc3c4c5ccccc5c(-c5ccccc5)cc4n(-c4ccc(-c5nc(-c6ccccc6)nc(-c6ccccc6)n5)cn4)c3c2)cc1. The third-order valence-electron chi connectivity index (χ3n) is 23.1. The third kappa shape index (κ3) is 20.4. The van der Waals surface area contributed by atoms with E-state index < -0.39 is 7.12 Å². The van der Waals surface area contributed by atoms with E-state index in [1.165, 1.54) is 111 Å². The third-order valence-corrected chi connectivity index (χ3v) is 23.7. The number of aromatic nitrogens is 14. The van der Waals surface area contributed by atoms with Crippen LogP contribution in [0.4, 0.5) is 0 Å². The first-order valence-corrected chi connectivity index (χ1v) is 45.1. The number of benzene rings is 16. The normalized spacial score (nSPS) is 10.8. The van der Waals surface area contributed by atoms with Crippen molar-refractivity contribution in [3.63, 3.8) is 0 Å². The summed E-state index contributed by atoms with van der Waals surface area (Å²) in [5.74, 6) is 5.61. The first-order chi connectivity index (χ1) is 67.0. The molecular formula is C117H81B2Cl3N14O2-. The number of halogens is 3. The zero-order chi connectivity index (χ0) is 92.1. The second-order valence-corrected chi connectivity index (χ2v) is 32.9. The topological polar surface area (TPSA) is 216 Å². The van der Waals surface area contributed by atoms with Gasteiger partial charge in [-0.05, 0) is 132 Å². The zero-order valence-electron chi connectivity index (χ0n) is 74.3. The summed E-state index contributed by atoms with van der Waals surface area (Å²) in [4.78, 5) is 58.1. The summed E-state index contributed by atoms with van der Waals surface area (Å²) < 4.78 is 2.30. The fraction of sp³-hybridized carbons (Fsp3) is 0. The van der Waals surface area contributed by atoms with Crippen LogP contribution >= 0.6 is 34.8 Å². The molecule has 8 heterocycles. The molecule has 3 N–H and O–H groups in total. The van der Waals surface area contributed by atoms with Gasteiger partial charge >= 0.3 is 7.12 Å². The number of fused-ring (bicyclic) bond motifs is 10. The molecular weight excluding hydrogens is 1760 g/mol. The monoisotopic (exact) mass is 1840 g/mol. The number of aromatic amines is 1. The van der Waals surface area contributed by atoms with Gasteiger partial charge in [-0.1, -0.05) is 405 Å². The second-order valence-electron chi connectivity index (χ2n) is 31.8. The molecule has 659 valence electrons. The van der Waals surface area contributed by atoms with Crippen LogP contribution in [0.1, 0.15) is 0 Å². The molecule has 0 aliphatic rings. The number of nitrogens with zero attached hydrogens (tertiary/aromatic N) is 13. The Morgan fingerprint density at radius 2 is 0.543 bits per heavy atom. The molecule has 0 atom stereocenters. The molecule has 16 aromatic carbocycles. The van der Waals surface area contributed by atoms with E-state index >= 15 is 0 Å². The number of hydrogen-bond acceptors (Lipinski definition) is 14. The summed E-state index contributed by atoms with van der Waals surface area (Å²) in [6.07, 6.45) is 4.86. The van der Waals surface area contributed by atoms with Gasteiger partial charge in [-0.15, -0.1) is 0 Å². The molecule has 0 bridgehead atoms. The highest BCUT2D eigenvalue weighted by atomic mass is 35.5. The molecule has 8 aromatic heterocycles. The molecule has 16 nitrogen and oxygen atoms in total. The lowest BCUT2D eigenvalue weighted by molar-refractivity contribution is 0.425. The molecule has 0 fully saturated rings. The minimum atomic E-state index is -1.47. The highest BCUT2D eigenvalue weighted by Gasteiger charge is 2.23. The molecule has 24 rings (SSSR count). The Kier molecular flexibility index (Phi) is 28.2. The molecule has 138 heavy (non-hydrogen) atoms. The molecule has 0 aliphatic carbocycles. The molecule has 21 heteroatoms. The fourth-order valence-corrected chi connectivity index (χ4v) is 17.0. The Hall–Kier alpha value is -17.0. The van der Waals surface area contributed by atoms with Crippen molar-refractivity contribution in [2.24, 2.45) is 0 Å². The van der Waals surface area contributed by atoms with Crippen molar-refractivity contribution in [3.8, 4) is 141 Å². The first kappa shape index (κ1) is 91.5. The Labute approximate surface area is 814 Å². The fourth-order valence-electron chi connectivity index (χ4n) is 16.6. The standard InChI is InChI=1S/C48H31N5.C28H19N.C20H13ClN4.C15H10ClN3.C5H5BClNO2.CH3.B/c1-5-15-32(16-6-1)36-25-27-40-42(29-36)53(43-30-41(33-17-7-2-8-18-33)38-23-13-14-24-39(38)45(40)43)44-28-26-37(31-49-44)48-51-46(34-19-9-3-10-20-34)50-47(52-48)35-21-11-4-12-22-35;1-3-9-19(10-4-1)21-15-16-24-26(17-21)29-27-18-25(20-11-5-2-6-12-20)22-13-7-8-14-23(22)28(24)27;21-17-12-11-16(13-22-17)20-24-18(14-7-3-1-4-8-14)23-19(25-20)15-9-5-2-6-10-15;16-15-18-13(11-7-3-1-4-8-11)17-14(19-15)12-9-5-2-6-10-12;7-5-2-1-4(3-8-5)6(9)10;;/h1-31H;1-18,29H;1-13H;1-10H;1-3,9-10H;1H3;/q;;;;;-1;. The van der Waals surface area contributed by atoms with E-state index in [-0.39, 0.29) is 21.1 Å². The van der Waals surface area contributed by atoms with Crippen LogP contribution in [0.25, 0.3) is 207 Å². The number of nitrogens with one attached hydrogen (secondary N) is 1. The quantitative estimate of drug-likeness (QED) is 0.0525. The lowest BCUT2D eigenvalue weighted by Gasteiger charge is -2.12. The minimum Gasteiger partial charge on any atom is -0.423 e. The van der Waals surface area contributed by atoms with Gasteiger partial charge in [0.1, 0.15) is 16.1 Å². The maximum absolute atomic E-state index is 8.59. The number of H-pyrrole nitrogens is 1. The minimum absolute atomic E-state index is 0. The number of pyridine rings is 3. The van der Waals surface area contributed by atoms with Gasteiger partial charge < -0.3 is 22.5 Å². The maximum Gasteiger partial charge on any atom is 0.490 e. The van der Waals surface area contributed by atoms with E-state index in [2.05, 4.69) is 280 Å². The van der Waals surface area contributed by atoms with Crippen molar-refractivity contribution < 1.29 is 10.0 Å². The van der Waals surface area contributed by atoms with Gasteiger partial charge in [0.05, 0.1) is 11.0 Å². The molecule has 0 saturated carbocycles. The van der Waals surface area contributed by atoms with Crippen LogP contribution in [0.5, 0.6) is 0 Å². The smallest absolute Gasteiger partial charge is 0.423 e. The van der Waals surface area contributed by atoms with Crippen LogP contribution in [-0.4, -0.2) is 94.9 Å². The number of rotatable bonds is 14. The van der Waals surface area contributed by atoms with Crippen molar-refractivity contribution in [1.82, 2.24) is 69.4 Å². The predicted octanol–water partition coefficient (Wildman–Crippen LogP) is 27.9. The van der Waals surface area contributed by atoms with Crippen LogP contribution in [0, 0.1) is 7.43 Å². The van der Waals surface area contributed by atoms with Crippen molar-refractivity contribution in [1.29, 1.82) is 0 Å². The van der Waals surface area contributed by atoms with Crippen LogP contribution in [0.15, 0.2) is 455 Å². The van der Waals surface area contributed by atoms with E-state index in [1.807, 2.05) is 194 Å². The van der Waals surface area contributed by atoms with Crippen molar-refractivity contribution in [3.05, 3.63) is 478 Å². The lowest BCUT2D eigenvalue weighted by Crippen LogP contribution is -2.29. The molecule has 0 amide bonds. The predicted molar refractivity (Wildman–Crippen MR) is 567 cm³/mol. The van der Waals surface area contributed by atoms with Gasteiger partial charge in [0.15, 0.2) is 46.6 Å². The highest BCUT2D eigenvalue weighted by Crippen LogP contribution is 2.44. The Morgan fingerprint density at radius 3 is 0.913 bits per heavy atom. The number of hydrogen-bond donors (Lipinski definition) is 3. The summed E-state index contributed by atoms with van der Waals surface area (Å²) in [5.41, 5.74) is 21.7. The first-order valence-electron chi connectivity index (χ1n) is 44.0. The second kappa shape index (κ2) is 42.5. The molecule has 0 aliphatic heterocycles. The van der Waals surface area contributed by atoms with E-state index in [9.17, 15) is 0 Å². The summed E-state index contributed by atoms with van der Waals surface area (Å²) in [5, 5.41) is 28.1. The van der Waals surface area contributed by atoms with Crippen molar-refractivity contribution >= 4 is 121 Å². The molecule has 0 saturated heterocycles. The summed E-state index contributed by atoms with van der Waals surface area (Å²) in [6, 6.07) is 148. The Balaban J connectivity index is 0.000000126. The van der Waals surface area contributed by atoms with Gasteiger partial charge in [-0.25, -0.2) is 49.8 Å². The van der Waals surface area contributed by atoms with Gasteiger partial charge in [0.25, 0.3) is 0 Å². The largest absolute Gasteiger partial charge is 0.490 e. The maximum atomic E-state index is 8.59. The molecule has 24 aromatic rings. The van der Waals surface area contributed by atoms with Gasteiger partial charge in [-0.2, -0.15) is 9.97 Å². The van der Waals surface area contributed by atoms with E-state index in [4.69, 9.17) is 64.8 Å². The average molecular weight is 1840 g/mol. The van der Waals surface area contributed by atoms with Crippen LogP contribution in [0.3, 0.4) is 0 Å². The summed E-state index contributed by atoms with van der Waals surface area (Å²) >= 11 is 17.3. The van der Waals surface area contributed by atoms with Crippen LogP contribution < -0.4 is 5.46 Å². The van der Waals surface area contributed by atoms with E-state index in [1.54, 1.807) is 12.3 Å². The van der Waals surface area contributed by atoms with Gasteiger partial charge in [0.2, 0.25) is 5.28 Å². The summed E-state index contributed by atoms with van der Waals surface area (Å²) in [7, 11) is -1.47. The van der Waals surface area contributed by atoms with Crippen LogP contribution in [-0.2, 0) is 0 Å². The lowest BCUT2D eigenvalue weighted by atomic mass is 9.82. The highest BCUT2D eigenvalue weighted by molar-refractivity contribution is 6.58. The van der Waals surface area contributed by atoms with Gasteiger partial charge in [0, 0.05) is 110 Å². The zero-order valence-corrected chi connectivity index (χ0v) is 76.6. The van der Waals surface area contributed by atoms with Crippen molar-refractivity contribution in [2.75, 3.05) is 0 Å². The van der Waals surface area contributed by atoms with E-state index in [0.717, 1.165) is 66.9 Å². The van der Waals surface area contributed by atoms with Crippen LogP contribution in [0.2, 0.25) is 15.6 Å². The van der Waals surface area contributed by atoms with Crippen molar-refractivity contribution in [2.45, 2.75) is 0 Å². The Bertz CT molecular complexity index is 8130. The van der Waals surface area contributed by atoms with Gasteiger partial charge in [-0.3, -0.25) is 4.57 Å². The molecule has 0 spiro atoms. The van der Waals surface area contributed by atoms with E-state index in [0.29, 0.717) is 62.4 Å².